The summed E-state index contributed by atoms with van der Waals surface area (Å²) in [5, 5.41) is 16.3. The van der Waals surface area contributed by atoms with E-state index in [2.05, 4.69) is 15.5 Å². The second-order valence-electron chi connectivity index (χ2n) is 4.06. The van der Waals surface area contributed by atoms with E-state index in [0.29, 0.717) is 25.6 Å². The zero-order chi connectivity index (χ0) is 15.7. The number of rotatable bonds is 4. The number of fused-ring (bicyclic) bond motifs is 1. The lowest BCUT2D eigenvalue weighted by Crippen LogP contribution is -1.87. The molecular formula is C12H6Cl2N4O2S2. The lowest BCUT2D eigenvalue weighted by Gasteiger charge is -1.92. The maximum absolute atomic E-state index is 10.6. The third kappa shape index (κ3) is 3.20. The van der Waals surface area contributed by atoms with E-state index in [1.807, 2.05) is 0 Å². The molecule has 22 heavy (non-hydrogen) atoms. The number of thiazole rings is 1. The molecule has 0 bridgehead atoms. The molecule has 6 nitrogen and oxygen atoms in total. The Morgan fingerprint density at radius 2 is 2.14 bits per heavy atom. The van der Waals surface area contributed by atoms with Gasteiger partial charge in [0.05, 0.1) is 25.7 Å². The largest absolute Gasteiger partial charge is 0.324 e. The van der Waals surface area contributed by atoms with Gasteiger partial charge < -0.3 is 0 Å². The highest BCUT2D eigenvalue weighted by Crippen LogP contribution is 2.33. The monoisotopic (exact) mass is 372 g/mol. The molecule has 0 atom stereocenters. The number of hydrogen-bond donors (Lipinski definition) is 1. The summed E-state index contributed by atoms with van der Waals surface area (Å²) >= 11 is 14.4. The smallest absolute Gasteiger partial charge is 0.258 e. The second kappa shape index (κ2) is 6.17. The molecule has 1 N–H and O–H groups in total. The number of nitrogens with one attached hydrogen (secondary N) is 1. The van der Waals surface area contributed by atoms with E-state index in [-0.39, 0.29) is 5.00 Å². The van der Waals surface area contributed by atoms with Crippen molar-refractivity contribution < 1.29 is 4.92 Å². The van der Waals surface area contributed by atoms with Crippen molar-refractivity contribution in [2.75, 3.05) is 5.43 Å². The maximum atomic E-state index is 10.6. The van der Waals surface area contributed by atoms with Crippen LogP contribution in [0.5, 0.6) is 0 Å². The average molecular weight is 373 g/mol. The molecule has 0 fully saturated rings. The van der Waals surface area contributed by atoms with Gasteiger partial charge in [0, 0.05) is 11.1 Å². The van der Waals surface area contributed by atoms with Crippen molar-refractivity contribution >= 4 is 72.4 Å². The highest BCUT2D eigenvalue weighted by molar-refractivity contribution is 7.22. The van der Waals surface area contributed by atoms with Gasteiger partial charge in [0.25, 0.3) is 0 Å². The predicted molar refractivity (Wildman–Crippen MR) is 91.8 cm³/mol. The standard InChI is InChI=1S/C12H6Cl2N4O2S2/c13-6-3-8(14)11-9(4-6)22-12(16-11)17-15-5-7-1-2-10(21-7)18(19)20/h1-5H,(H,16,17). The van der Waals surface area contributed by atoms with Crippen LogP contribution >= 0.6 is 45.9 Å². The minimum Gasteiger partial charge on any atom is -0.258 e. The van der Waals surface area contributed by atoms with Gasteiger partial charge in [-0.3, -0.25) is 15.5 Å². The van der Waals surface area contributed by atoms with Crippen molar-refractivity contribution in [3.8, 4) is 0 Å². The van der Waals surface area contributed by atoms with E-state index in [1.165, 1.54) is 23.6 Å². The lowest BCUT2D eigenvalue weighted by atomic mass is 10.3. The van der Waals surface area contributed by atoms with Gasteiger partial charge in [-0.1, -0.05) is 45.9 Å². The Labute approximate surface area is 142 Å². The molecule has 2 heterocycles. The first-order valence-corrected chi connectivity index (χ1v) is 8.21. The first kappa shape index (κ1) is 15.2. The topological polar surface area (TPSA) is 80.4 Å². The molecule has 0 unspecified atom stereocenters. The summed E-state index contributed by atoms with van der Waals surface area (Å²) in [5.41, 5.74) is 3.43. The molecule has 3 aromatic rings. The van der Waals surface area contributed by atoms with Crippen LogP contribution in [-0.4, -0.2) is 16.1 Å². The number of nitrogens with zero attached hydrogens (tertiary/aromatic N) is 3. The Morgan fingerprint density at radius 1 is 1.32 bits per heavy atom. The van der Waals surface area contributed by atoms with Crippen LogP contribution in [-0.2, 0) is 0 Å². The molecule has 0 saturated carbocycles. The van der Waals surface area contributed by atoms with E-state index in [4.69, 9.17) is 23.2 Å². The number of nitro groups is 1. The van der Waals surface area contributed by atoms with E-state index in [1.54, 1.807) is 18.2 Å². The van der Waals surface area contributed by atoms with Crippen LogP contribution in [0.2, 0.25) is 10.0 Å². The maximum Gasteiger partial charge on any atom is 0.324 e. The van der Waals surface area contributed by atoms with Crippen molar-refractivity contribution in [1.29, 1.82) is 0 Å². The summed E-state index contributed by atoms with van der Waals surface area (Å²) in [6.07, 6.45) is 1.50. The molecule has 1 aromatic carbocycles. The van der Waals surface area contributed by atoms with Gasteiger partial charge in [0.1, 0.15) is 5.52 Å². The van der Waals surface area contributed by atoms with Crippen molar-refractivity contribution in [2.45, 2.75) is 0 Å². The number of hydrogen-bond acceptors (Lipinski definition) is 7. The Balaban J connectivity index is 1.77. The minimum atomic E-state index is -0.436. The number of thiophene rings is 1. The molecule has 0 spiro atoms. The molecule has 0 aliphatic carbocycles. The molecule has 112 valence electrons. The molecule has 2 aromatic heterocycles. The third-order valence-corrected chi connectivity index (χ3v) is 4.94. The van der Waals surface area contributed by atoms with E-state index in [0.717, 1.165) is 16.0 Å². The highest BCUT2D eigenvalue weighted by atomic mass is 35.5. The van der Waals surface area contributed by atoms with Gasteiger partial charge >= 0.3 is 5.00 Å². The minimum absolute atomic E-state index is 0.0721. The van der Waals surface area contributed by atoms with Crippen molar-refractivity contribution in [3.63, 3.8) is 0 Å². The molecular weight excluding hydrogens is 367 g/mol. The highest BCUT2D eigenvalue weighted by Gasteiger charge is 2.09. The zero-order valence-electron chi connectivity index (χ0n) is 10.6. The van der Waals surface area contributed by atoms with Gasteiger partial charge in [-0.05, 0) is 18.2 Å². The average Bonchev–Trinajstić information content (AvgIpc) is 3.05. The zero-order valence-corrected chi connectivity index (χ0v) is 13.8. The van der Waals surface area contributed by atoms with Crippen LogP contribution in [0.4, 0.5) is 10.1 Å². The van der Waals surface area contributed by atoms with E-state index < -0.39 is 4.92 Å². The number of hydrazone groups is 1. The predicted octanol–water partition coefficient (Wildman–Crippen LogP) is 5.02. The van der Waals surface area contributed by atoms with Crippen LogP contribution in [0.25, 0.3) is 10.2 Å². The summed E-state index contributed by atoms with van der Waals surface area (Å²) in [4.78, 5) is 15.1. The van der Waals surface area contributed by atoms with Gasteiger partial charge in [0.2, 0.25) is 5.13 Å². The number of benzene rings is 1. The Kier molecular flexibility index (Phi) is 4.25. The Bertz CT molecular complexity index is 891. The normalized spacial score (nSPS) is 11.4. The van der Waals surface area contributed by atoms with Crippen LogP contribution in [0.3, 0.4) is 0 Å². The molecule has 0 saturated heterocycles. The molecule has 3 rings (SSSR count). The summed E-state index contributed by atoms with van der Waals surface area (Å²) in [6, 6.07) is 6.47. The first-order valence-electron chi connectivity index (χ1n) is 5.82. The second-order valence-corrected chi connectivity index (χ2v) is 7.02. The summed E-state index contributed by atoms with van der Waals surface area (Å²) in [6.45, 7) is 0. The fraction of sp³-hybridized carbons (Fsp3) is 0. The lowest BCUT2D eigenvalue weighted by molar-refractivity contribution is -0.380. The van der Waals surface area contributed by atoms with Crippen LogP contribution < -0.4 is 5.43 Å². The molecule has 0 aliphatic rings. The van der Waals surface area contributed by atoms with Gasteiger partial charge in [-0.15, -0.1) is 0 Å². The fourth-order valence-corrected chi connectivity index (χ4v) is 3.90. The molecule has 0 radical (unpaired) electrons. The number of halogens is 2. The summed E-state index contributed by atoms with van der Waals surface area (Å²) in [7, 11) is 0. The van der Waals surface area contributed by atoms with Gasteiger partial charge in [0.15, 0.2) is 0 Å². The molecule has 0 aliphatic heterocycles. The first-order chi connectivity index (χ1) is 10.5. The van der Waals surface area contributed by atoms with Crippen molar-refractivity contribution in [2.24, 2.45) is 5.10 Å². The Hall–Kier alpha value is -1.74. The van der Waals surface area contributed by atoms with E-state index >= 15 is 0 Å². The summed E-state index contributed by atoms with van der Waals surface area (Å²) < 4.78 is 0.849. The van der Waals surface area contributed by atoms with E-state index in [9.17, 15) is 10.1 Å². The third-order valence-electron chi connectivity index (χ3n) is 2.56. The number of anilines is 1. The fourth-order valence-electron chi connectivity index (χ4n) is 1.67. The van der Waals surface area contributed by atoms with Crippen molar-refractivity contribution in [1.82, 2.24) is 4.98 Å². The van der Waals surface area contributed by atoms with Crippen LogP contribution in [0.1, 0.15) is 4.88 Å². The molecule has 0 amide bonds. The Morgan fingerprint density at radius 3 is 2.86 bits per heavy atom. The van der Waals surface area contributed by atoms with Crippen LogP contribution in [0.15, 0.2) is 29.4 Å². The summed E-state index contributed by atoms with van der Waals surface area (Å²) in [5.74, 6) is 0. The quantitative estimate of drug-likeness (QED) is 0.396. The van der Waals surface area contributed by atoms with Gasteiger partial charge in [-0.25, -0.2) is 4.98 Å². The van der Waals surface area contributed by atoms with Crippen LogP contribution in [0, 0.1) is 10.1 Å². The molecule has 10 heteroatoms. The number of aromatic nitrogens is 1. The van der Waals surface area contributed by atoms with Crippen molar-refractivity contribution in [3.05, 3.63) is 49.3 Å². The SMILES string of the molecule is O=[N+]([O-])c1ccc(C=NNc2nc3c(Cl)cc(Cl)cc3s2)s1. The van der Waals surface area contributed by atoms with Gasteiger partial charge in [-0.2, -0.15) is 5.10 Å².